The number of nitrogen functional groups attached to an aromatic ring is 1. The minimum absolute atomic E-state index is 0.253. The van der Waals surface area contributed by atoms with Crippen LogP contribution in [-0.2, 0) is 13.6 Å². The molecule has 0 radical (unpaired) electrons. The number of nitrogens with zero attached hydrogens (tertiary/aromatic N) is 2. The molecule has 2 rings (SSSR count). The van der Waals surface area contributed by atoms with Crippen molar-refractivity contribution in [1.82, 2.24) is 15.1 Å². The van der Waals surface area contributed by atoms with Crippen molar-refractivity contribution in [1.29, 1.82) is 0 Å². The Morgan fingerprint density at radius 3 is 2.78 bits per heavy atom. The fourth-order valence-corrected chi connectivity index (χ4v) is 1.75. The molecular formula is C13H16N4O. The Balaban J connectivity index is 2.05. The molecule has 5 heteroatoms. The quantitative estimate of drug-likeness (QED) is 0.853. The fraction of sp³-hybridized carbons (Fsp3) is 0.231. The monoisotopic (exact) mass is 244 g/mol. The van der Waals surface area contributed by atoms with E-state index in [0.717, 1.165) is 11.1 Å². The molecule has 0 atom stereocenters. The average Bonchev–Trinajstić information content (AvgIpc) is 2.67. The molecule has 1 aromatic heterocycles. The minimum Gasteiger partial charge on any atom is -0.396 e. The van der Waals surface area contributed by atoms with Gasteiger partial charge in [-0.3, -0.25) is 9.48 Å². The number of nitrogens with one attached hydrogen (secondary N) is 1. The van der Waals surface area contributed by atoms with E-state index in [1.807, 2.05) is 31.2 Å². The molecule has 0 saturated carbocycles. The second-order valence-electron chi connectivity index (χ2n) is 4.22. The van der Waals surface area contributed by atoms with Crippen molar-refractivity contribution in [3.63, 3.8) is 0 Å². The molecule has 2 aromatic rings. The number of aromatic nitrogens is 2. The van der Waals surface area contributed by atoms with Crippen LogP contribution < -0.4 is 11.1 Å². The lowest BCUT2D eigenvalue weighted by Crippen LogP contribution is -2.24. The number of rotatable bonds is 3. The van der Waals surface area contributed by atoms with Crippen molar-refractivity contribution in [2.75, 3.05) is 5.73 Å². The Morgan fingerprint density at radius 1 is 1.44 bits per heavy atom. The Labute approximate surface area is 106 Å². The van der Waals surface area contributed by atoms with Gasteiger partial charge in [0.25, 0.3) is 5.91 Å². The molecule has 0 spiro atoms. The van der Waals surface area contributed by atoms with Gasteiger partial charge in [0, 0.05) is 19.8 Å². The van der Waals surface area contributed by atoms with E-state index in [9.17, 15) is 4.79 Å². The first-order valence-electron chi connectivity index (χ1n) is 5.69. The van der Waals surface area contributed by atoms with Gasteiger partial charge in [-0.2, -0.15) is 5.10 Å². The zero-order valence-electron chi connectivity index (χ0n) is 10.5. The molecule has 0 aliphatic carbocycles. The lowest BCUT2D eigenvalue weighted by atomic mass is 10.1. The standard InChI is InChI=1S/C13H16N4O/c1-9-5-3-4-6-10(9)7-15-13(18)12-11(14)8-17(2)16-12/h3-6,8H,7,14H2,1-2H3,(H,15,18). The lowest BCUT2D eigenvalue weighted by Gasteiger charge is -2.06. The number of benzene rings is 1. The highest BCUT2D eigenvalue weighted by atomic mass is 16.1. The highest BCUT2D eigenvalue weighted by molar-refractivity contribution is 5.96. The maximum atomic E-state index is 11.9. The maximum absolute atomic E-state index is 11.9. The molecule has 0 unspecified atom stereocenters. The van der Waals surface area contributed by atoms with Crippen molar-refractivity contribution in [2.45, 2.75) is 13.5 Å². The van der Waals surface area contributed by atoms with E-state index < -0.39 is 0 Å². The third-order valence-corrected chi connectivity index (χ3v) is 2.77. The SMILES string of the molecule is Cc1ccccc1CNC(=O)c1nn(C)cc1N. The van der Waals surface area contributed by atoms with Crippen molar-refractivity contribution in [3.8, 4) is 0 Å². The molecule has 94 valence electrons. The number of aryl methyl sites for hydroxylation is 2. The molecule has 0 aliphatic rings. The molecular weight excluding hydrogens is 228 g/mol. The van der Waals surface area contributed by atoms with Crippen LogP contribution >= 0.6 is 0 Å². The smallest absolute Gasteiger partial charge is 0.274 e. The molecule has 5 nitrogen and oxygen atoms in total. The number of anilines is 1. The first kappa shape index (κ1) is 12.2. The van der Waals surface area contributed by atoms with Crippen LogP contribution in [-0.4, -0.2) is 15.7 Å². The second kappa shape index (κ2) is 4.91. The Kier molecular flexibility index (Phi) is 3.32. The lowest BCUT2D eigenvalue weighted by molar-refractivity contribution is 0.0946. The summed E-state index contributed by atoms with van der Waals surface area (Å²) in [5, 5.41) is 6.84. The third-order valence-electron chi connectivity index (χ3n) is 2.77. The molecule has 1 heterocycles. The van der Waals surface area contributed by atoms with Crippen molar-refractivity contribution in [3.05, 3.63) is 47.3 Å². The summed E-state index contributed by atoms with van der Waals surface area (Å²) in [5.74, 6) is -0.253. The van der Waals surface area contributed by atoms with E-state index in [1.54, 1.807) is 13.2 Å². The van der Waals surface area contributed by atoms with Gasteiger partial charge in [-0.25, -0.2) is 0 Å². The molecule has 3 N–H and O–H groups in total. The summed E-state index contributed by atoms with van der Waals surface area (Å²) in [7, 11) is 1.73. The minimum atomic E-state index is -0.253. The molecule has 0 aliphatic heterocycles. The fourth-order valence-electron chi connectivity index (χ4n) is 1.75. The van der Waals surface area contributed by atoms with Crippen LogP contribution in [0.15, 0.2) is 30.5 Å². The molecule has 0 fully saturated rings. The van der Waals surface area contributed by atoms with Crippen molar-refractivity contribution in [2.24, 2.45) is 7.05 Å². The summed E-state index contributed by atoms with van der Waals surface area (Å²) < 4.78 is 1.53. The van der Waals surface area contributed by atoms with Crippen LogP contribution in [0.5, 0.6) is 0 Å². The Morgan fingerprint density at radius 2 is 2.17 bits per heavy atom. The molecule has 1 aromatic carbocycles. The topological polar surface area (TPSA) is 72.9 Å². The second-order valence-corrected chi connectivity index (χ2v) is 4.22. The first-order chi connectivity index (χ1) is 8.58. The maximum Gasteiger partial charge on any atom is 0.274 e. The van der Waals surface area contributed by atoms with Crippen molar-refractivity contribution < 1.29 is 4.79 Å². The highest BCUT2D eigenvalue weighted by Gasteiger charge is 2.13. The molecule has 0 bridgehead atoms. The molecule has 1 amide bonds. The number of amides is 1. The van der Waals surface area contributed by atoms with Gasteiger partial charge in [0.05, 0.1) is 5.69 Å². The zero-order chi connectivity index (χ0) is 13.1. The summed E-state index contributed by atoms with van der Waals surface area (Å²) in [6.07, 6.45) is 1.61. The summed E-state index contributed by atoms with van der Waals surface area (Å²) in [6, 6.07) is 7.91. The predicted octanol–water partition coefficient (Wildman–Crippen LogP) is 1.24. The molecule has 18 heavy (non-hydrogen) atoms. The van der Waals surface area contributed by atoms with E-state index in [-0.39, 0.29) is 11.6 Å². The largest absolute Gasteiger partial charge is 0.396 e. The Hall–Kier alpha value is -2.30. The average molecular weight is 244 g/mol. The summed E-state index contributed by atoms with van der Waals surface area (Å²) in [5.41, 5.74) is 8.58. The van der Waals surface area contributed by atoms with Gasteiger partial charge in [-0.15, -0.1) is 0 Å². The van der Waals surface area contributed by atoms with Gasteiger partial charge in [-0.1, -0.05) is 24.3 Å². The summed E-state index contributed by atoms with van der Waals surface area (Å²) in [4.78, 5) is 11.9. The van der Waals surface area contributed by atoms with Gasteiger partial charge in [0.1, 0.15) is 0 Å². The van der Waals surface area contributed by atoms with E-state index >= 15 is 0 Å². The number of carbonyl (C=O) groups excluding carboxylic acids is 1. The first-order valence-corrected chi connectivity index (χ1v) is 5.69. The van der Waals surface area contributed by atoms with Crippen LogP contribution in [0.3, 0.4) is 0 Å². The Bertz CT molecular complexity index is 574. The summed E-state index contributed by atoms with van der Waals surface area (Å²) >= 11 is 0. The third kappa shape index (κ3) is 2.51. The van der Waals surface area contributed by atoms with Crippen LogP contribution in [0.2, 0.25) is 0 Å². The van der Waals surface area contributed by atoms with Crippen LogP contribution in [0.4, 0.5) is 5.69 Å². The van der Waals surface area contributed by atoms with E-state index in [4.69, 9.17) is 5.73 Å². The number of hydrogen-bond donors (Lipinski definition) is 2. The zero-order valence-corrected chi connectivity index (χ0v) is 10.5. The van der Waals surface area contributed by atoms with Gasteiger partial charge >= 0.3 is 0 Å². The normalized spacial score (nSPS) is 10.3. The van der Waals surface area contributed by atoms with E-state index in [1.165, 1.54) is 4.68 Å². The number of nitrogens with two attached hydrogens (primary N) is 1. The van der Waals surface area contributed by atoms with E-state index in [0.29, 0.717) is 12.2 Å². The van der Waals surface area contributed by atoms with Crippen molar-refractivity contribution >= 4 is 11.6 Å². The van der Waals surface area contributed by atoms with Crippen LogP contribution in [0.25, 0.3) is 0 Å². The highest BCUT2D eigenvalue weighted by Crippen LogP contribution is 2.09. The van der Waals surface area contributed by atoms with E-state index in [2.05, 4.69) is 10.4 Å². The predicted molar refractivity (Wildman–Crippen MR) is 70.0 cm³/mol. The van der Waals surface area contributed by atoms with Gasteiger partial charge in [0.2, 0.25) is 0 Å². The van der Waals surface area contributed by atoms with Gasteiger partial charge < -0.3 is 11.1 Å². The number of carbonyl (C=O) groups is 1. The molecule has 0 saturated heterocycles. The number of hydrogen-bond acceptors (Lipinski definition) is 3. The van der Waals surface area contributed by atoms with Crippen LogP contribution in [0, 0.1) is 6.92 Å². The van der Waals surface area contributed by atoms with Crippen LogP contribution in [0.1, 0.15) is 21.6 Å². The van der Waals surface area contributed by atoms with Gasteiger partial charge in [-0.05, 0) is 18.1 Å². The van der Waals surface area contributed by atoms with Gasteiger partial charge in [0.15, 0.2) is 5.69 Å². The summed E-state index contributed by atoms with van der Waals surface area (Å²) in [6.45, 7) is 2.48.